The smallest absolute Gasteiger partial charge is 0.255 e. The van der Waals surface area contributed by atoms with Crippen molar-refractivity contribution in [3.63, 3.8) is 0 Å². The molecule has 0 unspecified atom stereocenters. The van der Waals surface area contributed by atoms with Crippen LogP contribution in [-0.2, 0) is 4.79 Å². The van der Waals surface area contributed by atoms with Crippen molar-refractivity contribution in [3.05, 3.63) is 65.9 Å². The van der Waals surface area contributed by atoms with Crippen molar-refractivity contribution in [2.75, 3.05) is 23.5 Å². The van der Waals surface area contributed by atoms with Crippen molar-refractivity contribution < 1.29 is 19.1 Å². The second-order valence-electron chi connectivity index (χ2n) is 6.64. The molecular weight excluding hydrogens is 402 g/mol. The highest BCUT2D eigenvalue weighted by molar-refractivity contribution is 8.00. The lowest BCUT2D eigenvalue weighted by Crippen LogP contribution is -2.19. The zero-order valence-corrected chi connectivity index (χ0v) is 17.2. The number of carbonyl (C=O) groups excluding carboxylic acids is 2. The first-order valence-corrected chi connectivity index (χ1v) is 10.2. The van der Waals surface area contributed by atoms with Gasteiger partial charge in [0.15, 0.2) is 11.5 Å². The van der Waals surface area contributed by atoms with Crippen molar-refractivity contribution in [2.45, 2.75) is 11.8 Å². The monoisotopic (exact) mass is 421 g/mol. The summed E-state index contributed by atoms with van der Waals surface area (Å²) >= 11 is 1.45. The second kappa shape index (κ2) is 8.46. The predicted molar refractivity (Wildman–Crippen MR) is 116 cm³/mol. The van der Waals surface area contributed by atoms with Gasteiger partial charge in [-0.3, -0.25) is 9.59 Å². The van der Waals surface area contributed by atoms with Crippen LogP contribution < -0.4 is 20.1 Å². The topological polar surface area (TPSA) is 89.5 Å². The quantitative estimate of drug-likeness (QED) is 0.631. The minimum absolute atomic E-state index is 0.0740. The number of benzene rings is 2. The summed E-state index contributed by atoms with van der Waals surface area (Å²) in [5.41, 5.74) is 2.68. The Balaban J connectivity index is 1.44. The summed E-state index contributed by atoms with van der Waals surface area (Å²) in [4.78, 5) is 29.3. The van der Waals surface area contributed by atoms with Crippen LogP contribution in [0.2, 0.25) is 0 Å². The Kier molecular flexibility index (Phi) is 5.58. The van der Waals surface area contributed by atoms with E-state index in [0.717, 1.165) is 10.5 Å². The van der Waals surface area contributed by atoms with Crippen LogP contribution in [0.4, 0.5) is 11.4 Å². The highest BCUT2D eigenvalue weighted by Gasteiger charge is 2.17. The number of nitrogens with one attached hydrogen (secondary N) is 2. The molecule has 0 atom stereocenters. The molecular formula is C22H19N3O4S. The average Bonchev–Trinajstić information content (AvgIpc) is 2.75. The number of aromatic nitrogens is 1. The maximum Gasteiger partial charge on any atom is 0.255 e. The van der Waals surface area contributed by atoms with Crippen molar-refractivity contribution in [2.24, 2.45) is 0 Å². The summed E-state index contributed by atoms with van der Waals surface area (Å²) < 4.78 is 11.1. The standard InChI is InChI=1S/C22H19N3O4S/c1-13-3-6-17(18(9-13)28-2)29-21-8-5-15(11-23-21)24-22(27)14-4-7-19-16(10-14)25-20(26)12-30-19/h3-11H,12H2,1-2H3,(H,24,27)(H,25,26). The van der Waals surface area contributed by atoms with E-state index in [0.29, 0.717) is 40.1 Å². The Hall–Kier alpha value is -3.52. The first-order chi connectivity index (χ1) is 14.5. The number of rotatable bonds is 5. The second-order valence-corrected chi connectivity index (χ2v) is 7.66. The van der Waals surface area contributed by atoms with Gasteiger partial charge >= 0.3 is 0 Å². The summed E-state index contributed by atoms with van der Waals surface area (Å²) in [6.45, 7) is 1.97. The third-order valence-corrected chi connectivity index (χ3v) is 5.48. The van der Waals surface area contributed by atoms with E-state index < -0.39 is 0 Å². The van der Waals surface area contributed by atoms with Crippen LogP contribution in [0.15, 0.2) is 59.6 Å². The van der Waals surface area contributed by atoms with Gasteiger partial charge in [0.05, 0.1) is 30.4 Å². The molecule has 0 bridgehead atoms. The average molecular weight is 421 g/mol. The van der Waals surface area contributed by atoms with Gasteiger partial charge in [-0.25, -0.2) is 4.98 Å². The zero-order chi connectivity index (χ0) is 21.1. The van der Waals surface area contributed by atoms with Gasteiger partial charge in [-0.05, 0) is 48.9 Å². The molecule has 0 saturated heterocycles. The van der Waals surface area contributed by atoms with Crippen LogP contribution in [-0.4, -0.2) is 29.7 Å². The Morgan fingerprint density at radius 1 is 1.13 bits per heavy atom. The van der Waals surface area contributed by atoms with Crippen molar-refractivity contribution in [3.8, 4) is 17.4 Å². The highest BCUT2D eigenvalue weighted by Crippen LogP contribution is 2.33. The van der Waals surface area contributed by atoms with Crippen molar-refractivity contribution in [1.82, 2.24) is 4.98 Å². The molecule has 30 heavy (non-hydrogen) atoms. The van der Waals surface area contributed by atoms with E-state index in [-0.39, 0.29) is 11.8 Å². The minimum atomic E-state index is -0.293. The van der Waals surface area contributed by atoms with E-state index in [1.807, 2.05) is 31.2 Å². The normalized spacial score (nSPS) is 12.5. The maximum absolute atomic E-state index is 12.6. The van der Waals surface area contributed by atoms with E-state index in [1.54, 1.807) is 31.4 Å². The Morgan fingerprint density at radius 3 is 2.77 bits per heavy atom. The molecule has 1 aliphatic heterocycles. The van der Waals surface area contributed by atoms with E-state index in [4.69, 9.17) is 9.47 Å². The molecule has 8 heteroatoms. The van der Waals surface area contributed by atoms with Gasteiger partial charge in [0.2, 0.25) is 11.8 Å². The lowest BCUT2D eigenvalue weighted by molar-refractivity contribution is -0.113. The number of anilines is 2. The summed E-state index contributed by atoms with van der Waals surface area (Å²) in [7, 11) is 1.58. The number of thioether (sulfide) groups is 1. The Bertz CT molecular complexity index is 1120. The summed E-state index contributed by atoms with van der Waals surface area (Å²) in [5.74, 6) is 1.57. The number of methoxy groups -OCH3 is 1. The molecule has 0 aliphatic carbocycles. The Labute approximate surface area is 177 Å². The van der Waals surface area contributed by atoms with Crippen LogP contribution in [0.25, 0.3) is 0 Å². The largest absolute Gasteiger partial charge is 0.493 e. The molecule has 1 aromatic heterocycles. The molecule has 2 aromatic carbocycles. The van der Waals surface area contributed by atoms with Gasteiger partial charge in [-0.1, -0.05) is 6.07 Å². The molecule has 2 heterocycles. The summed E-state index contributed by atoms with van der Waals surface area (Å²) in [6, 6.07) is 14.2. The van der Waals surface area contributed by atoms with Gasteiger partial charge in [0.1, 0.15) is 0 Å². The fourth-order valence-corrected chi connectivity index (χ4v) is 3.70. The fraction of sp³-hybridized carbons (Fsp3) is 0.136. The molecule has 7 nitrogen and oxygen atoms in total. The van der Waals surface area contributed by atoms with Crippen LogP contribution in [0.3, 0.4) is 0 Å². The van der Waals surface area contributed by atoms with Gasteiger partial charge in [-0.2, -0.15) is 0 Å². The summed E-state index contributed by atoms with van der Waals surface area (Å²) in [5, 5.41) is 5.58. The van der Waals surface area contributed by atoms with Crippen LogP contribution >= 0.6 is 11.8 Å². The third kappa shape index (κ3) is 4.38. The maximum atomic E-state index is 12.6. The minimum Gasteiger partial charge on any atom is -0.493 e. The fourth-order valence-electron chi connectivity index (χ4n) is 2.91. The first kappa shape index (κ1) is 19.8. The molecule has 4 rings (SSSR count). The molecule has 1 aliphatic rings. The number of amides is 2. The molecule has 0 radical (unpaired) electrons. The van der Waals surface area contributed by atoms with Crippen molar-refractivity contribution >= 4 is 35.0 Å². The number of hydrogen-bond acceptors (Lipinski definition) is 6. The molecule has 152 valence electrons. The third-order valence-electron chi connectivity index (χ3n) is 4.40. The lowest BCUT2D eigenvalue weighted by Gasteiger charge is -2.17. The number of fused-ring (bicyclic) bond motifs is 1. The molecule has 0 spiro atoms. The van der Waals surface area contributed by atoms with Gasteiger partial charge < -0.3 is 20.1 Å². The van der Waals surface area contributed by atoms with Gasteiger partial charge in [-0.15, -0.1) is 11.8 Å². The van der Waals surface area contributed by atoms with Gasteiger partial charge in [0, 0.05) is 16.5 Å². The first-order valence-electron chi connectivity index (χ1n) is 9.18. The SMILES string of the molecule is COc1cc(C)ccc1Oc1ccc(NC(=O)c2ccc3c(c2)NC(=O)CS3)cn1. The highest BCUT2D eigenvalue weighted by atomic mass is 32.2. The van der Waals surface area contributed by atoms with E-state index in [2.05, 4.69) is 15.6 Å². The number of aryl methyl sites for hydroxylation is 1. The summed E-state index contributed by atoms with van der Waals surface area (Å²) in [6.07, 6.45) is 1.52. The molecule has 0 saturated carbocycles. The van der Waals surface area contributed by atoms with E-state index >= 15 is 0 Å². The van der Waals surface area contributed by atoms with Crippen molar-refractivity contribution in [1.29, 1.82) is 0 Å². The number of ether oxygens (including phenoxy) is 2. The number of hydrogen-bond donors (Lipinski definition) is 2. The molecule has 3 aromatic rings. The zero-order valence-electron chi connectivity index (χ0n) is 16.4. The number of nitrogens with zero attached hydrogens (tertiary/aromatic N) is 1. The number of carbonyl (C=O) groups is 2. The van der Waals surface area contributed by atoms with Crippen LogP contribution in [0.5, 0.6) is 17.4 Å². The number of pyridine rings is 1. The molecule has 2 amide bonds. The van der Waals surface area contributed by atoms with Gasteiger partial charge in [0.25, 0.3) is 5.91 Å². The molecule has 2 N–H and O–H groups in total. The lowest BCUT2D eigenvalue weighted by atomic mass is 10.1. The van der Waals surface area contributed by atoms with Crippen LogP contribution in [0, 0.1) is 6.92 Å². The van der Waals surface area contributed by atoms with Crippen LogP contribution in [0.1, 0.15) is 15.9 Å². The predicted octanol–water partition coefficient (Wildman–Crippen LogP) is 4.49. The van der Waals surface area contributed by atoms with E-state index in [1.165, 1.54) is 18.0 Å². The molecule has 0 fully saturated rings. The van der Waals surface area contributed by atoms with E-state index in [9.17, 15) is 9.59 Å². The Morgan fingerprint density at radius 2 is 2.00 bits per heavy atom.